The molecule has 0 saturated carbocycles. The fraction of sp³-hybridized carbons (Fsp3) is 0.0476. The summed E-state index contributed by atoms with van der Waals surface area (Å²) in [6.07, 6.45) is 0. The molecule has 0 radical (unpaired) electrons. The van der Waals surface area contributed by atoms with E-state index in [4.69, 9.17) is 4.52 Å². The molecule has 1 N–H and O–H groups in total. The maximum absolute atomic E-state index is 13.1. The van der Waals surface area contributed by atoms with Crippen molar-refractivity contribution in [3.05, 3.63) is 89.7 Å². The van der Waals surface area contributed by atoms with E-state index in [0.29, 0.717) is 34.3 Å². The second kappa shape index (κ2) is 6.80. The topological polar surface area (TPSA) is 55.1 Å². The van der Waals surface area contributed by atoms with E-state index in [-0.39, 0.29) is 11.7 Å². The Morgan fingerprint density at radius 1 is 1.00 bits per heavy atom. The van der Waals surface area contributed by atoms with E-state index < -0.39 is 0 Å². The number of carbonyl (C=O) groups is 1. The average Bonchev–Trinajstić information content (AvgIpc) is 3.11. The summed E-state index contributed by atoms with van der Waals surface area (Å²) in [4.78, 5) is 12.5. The van der Waals surface area contributed by atoms with Crippen molar-refractivity contribution in [2.75, 3.05) is 0 Å². The Labute approximate surface area is 149 Å². The molecule has 0 atom stereocenters. The van der Waals surface area contributed by atoms with Gasteiger partial charge in [0.25, 0.3) is 5.91 Å². The summed E-state index contributed by atoms with van der Waals surface area (Å²) >= 11 is 0. The molecule has 0 spiro atoms. The van der Waals surface area contributed by atoms with Crippen molar-refractivity contribution in [3.8, 4) is 11.3 Å². The molecule has 0 aliphatic heterocycles. The Bertz CT molecular complexity index is 1060. The van der Waals surface area contributed by atoms with E-state index in [0.717, 1.165) is 5.56 Å². The van der Waals surface area contributed by atoms with E-state index in [1.807, 2.05) is 30.3 Å². The number of aromatic nitrogens is 1. The molecule has 128 valence electrons. The Balaban J connectivity index is 1.61. The lowest BCUT2D eigenvalue weighted by Crippen LogP contribution is -2.22. The Kier molecular flexibility index (Phi) is 4.19. The van der Waals surface area contributed by atoms with Crippen molar-refractivity contribution in [1.82, 2.24) is 10.5 Å². The van der Waals surface area contributed by atoms with Gasteiger partial charge in [0.1, 0.15) is 11.3 Å². The third-order valence-electron chi connectivity index (χ3n) is 4.14. The van der Waals surface area contributed by atoms with Gasteiger partial charge in [-0.3, -0.25) is 4.79 Å². The zero-order valence-corrected chi connectivity index (χ0v) is 13.8. The Morgan fingerprint density at radius 3 is 2.54 bits per heavy atom. The Hall–Kier alpha value is -3.47. The molecule has 0 bridgehead atoms. The molecule has 1 heterocycles. The number of rotatable bonds is 4. The number of hydrogen-bond donors (Lipinski definition) is 1. The first-order valence-electron chi connectivity index (χ1n) is 8.18. The summed E-state index contributed by atoms with van der Waals surface area (Å²) in [6.45, 7) is 0.451. The van der Waals surface area contributed by atoms with Gasteiger partial charge in [-0.25, -0.2) is 4.39 Å². The summed E-state index contributed by atoms with van der Waals surface area (Å²) in [5.41, 5.74) is 2.89. The van der Waals surface area contributed by atoms with Gasteiger partial charge < -0.3 is 9.84 Å². The van der Waals surface area contributed by atoms with Gasteiger partial charge in [0.15, 0.2) is 5.76 Å². The summed E-state index contributed by atoms with van der Waals surface area (Å²) < 4.78 is 18.5. The minimum absolute atomic E-state index is 0.179. The SMILES string of the molecule is O=C(NCc1ccccc1)c1ccc2noc(-c3ccc(F)cc3)c2c1. The summed E-state index contributed by atoms with van der Waals surface area (Å²) in [7, 11) is 0. The third kappa shape index (κ3) is 3.19. The highest BCUT2D eigenvalue weighted by Crippen LogP contribution is 2.29. The zero-order chi connectivity index (χ0) is 17.9. The van der Waals surface area contributed by atoms with Gasteiger partial charge in [-0.05, 0) is 48.0 Å². The molecule has 0 unspecified atom stereocenters. The summed E-state index contributed by atoms with van der Waals surface area (Å²) in [5.74, 6) is 0.0123. The summed E-state index contributed by atoms with van der Waals surface area (Å²) in [5, 5.41) is 7.62. The van der Waals surface area contributed by atoms with Crippen LogP contribution in [0.4, 0.5) is 4.39 Å². The first kappa shape index (κ1) is 16.0. The van der Waals surface area contributed by atoms with E-state index in [9.17, 15) is 9.18 Å². The number of halogens is 1. The molecule has 0 aliphatic rings. The molecule has 5 heteroatoms. The number of nitrogens with zero attached hydrogens (tertiary/aromatic N) is 1. The van der Waals surface area contributed by atoms with Crippen LogP contribution in [0.15, 0.2) is 77.3 Å². The van der Waals surface area contributed by atoms with E-state index in [2.05, 4.69) is 10.5 Å². The molecule has 1 amide bonds. The van der Waals surface area contributed by atoms with Crippen LogP contribution in [-0.4, -0.2) is 11.1 Å². The van der Waals surface area contributed by atoms with Crippen LogP contribution >= 0.6 is 0 Å². The normalized spacial score (nSPS) is 10.8. The molecular weight excluding hydrogens is 331 g/mol. The molecule has 4 rings (SSSR count). The van der Waals surface area contributed by atoms with Crippen molar-refractivity contribution < 1.29 is 13.7 Å². The minimum atomic E-state index is -0.321. The quantitative estimate of drug-likeness (QED) is 0.589. The number of hydrogen-bond acceptors (Lipinski definition) is 3. The lowest BCUT2D eigenvalue weighted by Gasteiger charge is -2.05. The van der Waals surface area contributed by atoms with Crippen LogP contribution in [0, 0.1) is 5.82 Å². The lowest BCUT2D eigenvalue weighted by molar-refractivity contribution is 0.0951. The first-order chi connectivity index (χ1) is 12.7. The van der Waals surface area contributed by atoms with Gasteiger partial charge in [-0.1, -0.05) is 35.5 Å². The maximum Gasteiger partial charge on any atom is 0.251 e. The lowest BCUT2D eigenvalue weighted by atomic mass is 10.1. The van der Waals surface area contributed by atoms with Crippen LogP contribution in [-0.2, 0) is 6.54 Å². The van der Waals surface area contributed by atoms with Gasteiger partial charge in [-0.15, -0.1) is 0 Å². The van der Waals surface area contributed by atoms with E-state index in [1.54, 1.807) is 30.3 Å². The van der Waals surface area contributed by atoms with Crippen LogP contribution < -0.4 is 5.32 Å². The number of carbonyl (C=O) groups excluding carboxylic acids is 1. The molecule has 4 nitrogen and oxygen atoms in total. The van der Waals surface area contributed by atoms with Crippen molar-refractivity contribution in [3.63, 3.8) is 0 Å². The molecule has 1 aromatic heterocycles. The van der Waals surface area contributed by atoms with Crippen LogP contribution in [0.2, 0.25) is 0 Å². The molecule has 3 aromatic carbocycles. The fourth-order valence-corrected chi connectivity index (χ4v) is 2.77. The number of amides is 1. The minimum Gasteiger partial charge on any atom is -0.355 e. The van der Waals surface area contributed by atoms with Gasteiger partial charge >= 0.3 is 0 Å². The highest BCUT2D eigenvalue weighted by molar-refractivity contribution is 6.00. The highest BCUT2D eigenvalue weighted by atomic mass is 19.1. The molecule has 4 aromatic rings. The molecular formula is C21H15FN2O2. The fourth-order valence-electron chi connectivity index (χ4n) is 2.77. The second-order valence-corrected chi connectivity index (χ2v) is 5.92. The first-order valence-corrected chi connectivity index (χ1v) is 8.18. The second-order valence-electron chi connectivity index (χ2n) is 5.92. The largest absolute Gasteiger partial charge is 0.355 e. The van der Waals surface area contributed by atoms with Crippen LogP contribution in [0.25, 0.3) is 22.2 Å². The maximum atomic E-state index is 13.1. The van der Waals surface area contributed by atoms with Crippen LogP contribution in [0.1, 0.15) is 15.9 Å². The standard InChI is InChI=1S/C21H15FN2O2/c22-17-9-6-15(7-10-17)20-18-12-16(8-11-19(18)24-26-20)21(25)23-13-14-4-2-1-3-5-14/h1-12H,13H2,(H,23,25). The van der Waals surface area contributed by atoms with Crippen molar-refractivity contribution >= 4 is 16.8 Å². The smallest absolute Gasteiger partial charge is 0.251 e. The third-order valence-corrected chi connectivity index (χ3v) is 4.14. The molecule has 0 fully saturated rings. The van der Waals surface area contributed by atoms with Gasteiger partial charge in [0.2, 0.25) is 0 Å². The zero-order valence-electron chi connectivity index (χ0n) is 13.8. The predicted octanol–water partition coefficient (Wildman–Crippen LogP) is 4.56. The van der Waals surface area contributed by atoms with Crippen molar-refractivity contribution in [1.29, 1.82) is 0 Å². The average molecular weight is 346 g/mol. The molecule has 0 saturated heterocycles. The Morgan fingerprint density at radius 2 is 1.77 bits per heavy atom. The van der Waals surface area contributed by atoms with Gasteiger partial charge in [-0.2, -0.15) is 0 Å². The number of nitrogens with one attached hydrogen (secondary N) is 1. The summed E-state index contributed by atoms with van der Waals surface area (Å²) in [6, 6.07) is 20.9. The van der Waals surface area contributed by atoms with E-state index in [1.165, 1.54) is 12.1 Å². The van der Waals surface area contributed by atoms with Crippen molar-refractivity contribution in [2.24, 2.45) is 0 Å². The van der Waals surface area contributed by atoms with Crippen molar-refractivity contribution in [2.45, 2.75) is 6.54 Å². The number of fused-ring (bicyclic) bond motifs is 1. The van der Waals surface area contributed by atoms with Crippen LogP contribution in [0.5, 0.6) is 0 Å². The van der Waals surface area contributed by atoms with Gasteiger partial charge in [0, 0.05) is 17.7 Å². The highest BCUT2D eigenvalue weighted by Gasteiger charge is 2.14. The monoisotopic (exact) mass is 346 g/mol. The van der Waals surface area contributed by atoms with E-state index >= 15 is 0 Å². The predicted molar refractivity (Wildman–Crippen MR) is 97.0 cm³/mol. The van der Waals surface area contributed by atoms with Crippen LogP contribution in [0.3, 0.4) is 0 Å². The molecule has 0 aliphatic carbocycles. The van der Waals surface area contributed by atoms with Gasteiger partial charge in [0.05, 0.1) is 5.39 Å². The number of benzene rings is 3. The molecule has 26 heavy (non-hydrogen) atoms.